The molecule has 0 bridgehead atoms. The molecule has 3 aliphatic rings. The number of ether oxygens (including phenoxy) is 1. The van der Waals surface area contributed by atoms with Gasteiger partial charge < -0.3 is 30.2 Å². The molecule has 8 rings (SSSR count). The van der Waals surface area contributed by atoms with E-state index in [0.717, 1.165) is 96.2 Å². The maximum Gasteiger partial charge on any atom is 0.404 e. The van der Waals surface area contributed by atoms with Gasteiger partial charge in [-0.3, -0.25) is 14.5 Å². The molecule has 2 aromatic heterocycles. The number of nitrogens with two attached hydrogens (primary N) is 1. The highest BCUT2D eigenvalue weighted by Gasteiger charge is 2.40. The first-order chi connectivity index (χ1) is 27.8. The van der Waals surface area contributed by atoms with Gasteiger partial charge in [-0.05, 0) is 85.9 Å². The van der Waals surface area contributed by atoms with Crippen LogP contribution in [0.15, 0.2) is 91.3 Å². The highest BCUT2D eigenvalue weighted by Crippen LogP contribution is 2.38. The molecule has 2 saturated heterocycles. The highest BCUT2D eigenvalue weighted by atomic mass is 16.6. The Morgan fingerprint density at radius 3 is 1.81 bits per heavy atom. The molecule has 4 N–H and O–H groups in total. The summed E-state index contributed by atoms with van der Waals surface area (Å²) in [5.74, 6) is 1.69. The molecule has 2 aliphatic heterocycles. The second kappa shape index (κ2) is 16.8. The Hall–Kier alpha value is -5.75. The molecule has 0 unspecified atom stereocenters. The molecule has 5 aromatic rings. The largest absolute Gasteiger partial charge is 0.446 e. The average Bonchev–Trinajstić information content (AvgIpc) is 4.09. The number of likely N-dealkylation sites (tertiary alicyclic amines) is 2. The van der Waals surface area contributed by atoms with Crippen molar-refractivity contribution in [2.24, 2.45) is 11.7 Å². The number of hydrogen-bond acceptors (Lipinski definition) is 7. The quantitative estimate of drug-likeness (QED) is 0.117. The van der Waals surface area contributed by atoms with Gasteiger partial charge >= 0.3 is 6.09 Å². The van der Waals surface area contributed by atoms with Crippen LogP contribution in [-0.4, -0.2) is 84.8 Å². The molecule has 12 heteroatoms. The first kappa shape index (κ1) is 38.1. The molecule has 0 radical (unpaired) electrons. The van der Waals surface area contributed by atoms with Crippen molar-refractivity contribution < 1.29 is 19.1 Å². The summed E-state index contributed by atoms with van der Waals surface area (Å²) >= 11 is 0. The van der Waals surface area contributed by atoms with Crippen LogP contribution in [0, 0.1) is 5.92 Å². The number of rotatable bonds is 12. The molecule has 57 heavy (non-hydrogen) atoms. The van der Waals surface area contributed by atoms with Gasteiger partial charge in [0.2, 0.25) is 11.8 Å². The predicted octanol–water partition coefficient (Wildman–Crippen LogP) is 7.81. The Balaban J connectivity index is 0.913. The Bertz CT molecular complexity index is 2160. The second-order valence-electron chi connectivity index (χ2n) is 15.5. The summed E-state index contributed by atoms with van der Waals surface area (Å²) in [5.41, 5.74) is 12.3. The Labute approximate surface area is 333 Å². The zero-order valence-corrected chi connectivity index (χ0v) is 32.8. The Kier molecular flexibility index (Phi) is 11.2. The lowest BCUT2D eigenvalue weighted by molar-refractivity contribution is -0.138. The van der Waals surface area contributed by atoms with Crippen molar-refractivity contribution in [1.82, 2.24) is 34.6 Å². The molecule has 5 atom stereocenters. The van der Waals surface area contributed by atoms with Crippen LogP contribution in [0.5, 0.6) is 0 Å². The van der Waals surface area contributed by atoms with E-state index in [1.807, 2.05) is 40.4 Å². The lowest BCUT2D eigenvalue weighted by Gasteiger charge is -2.34. The van der Waals surface area contributed by atoms with Crippen molar-refractivity contribution in [2.75, 3.05) is 26.2 Å². The number of benzene rings is 3. The SMILES string of the molecule is CCN(CC)[C@@H](C(=O)N1CCC[C@H]1c1ncc(-c2ccc(-c3ccc(-c4cnc([C@@H]5CCCN5C(=O)[C@@H]5CC[C@H](OC(N)=O)C5)[nH]4)cc3)cc2)[nH]1)c1ccccc1. The number of hydrogen-bond donors (Lipinski definition) is 3. The highest BCUT2D eigenvalue weighted by molar-refractivity contribution is 5.84. The van der Waals surface area contributed by atoms with E-state index in [0.29, 0.717) is 25.8 Å². The standard InChI is InChI=1S/C45H52N8O4/c1-3-51(4-2)40(33-10-6-5-7-11-33)44(55)53-25-9-13-39(53)42-48-28-37(50-42)32-20-16-30(17-21-32)29-14-18-31(19-15-29)36-27-47-41(49-36)38-12-8-24-52(38)43(54)34-22-23-35(26-34)57-45(46)56/h5-7,10-11,14-21,27-28,34-35,38-40H,3-4,8-9,12-13,22-26H2,1-2H3,(H2,46,56)(H,47,49)(H,48,50)/t34-,35+,38+,39+,40-/m1/s1. The van der Waals surface area contributed by atoms with Crippen LogP contribution in [0.25, 0.3) is 33.6 Å². The third-order valence-corrected chi connectivity index (χ3v) is 12.2. The predicted molar refractivity (Wildman–Crippen MR) is 218 cm³/mol. The van der Waals surface area contributed by atoms with Gasteiger partial charge in [0.25, 0.3) is 0 Å². The van der Waals surface area contributed by atoms with Gasteiger partial charge in [-0.25, -0.2) is 14.8 Å². The molecule has 3 fully saturated rings. The van der Waals surface area contributed by atoms with Crippen molar-refractivity contribution in [3.63, 3.8) is 0 Å². The summed E-state index contributed by atoms with van der Waals surface area (Å²) in [4.78, 5) is 61.7. The van der Waals surface area contributed by atoms with E-state index in [1.54, 1.807) is 0 Å². The molecule has 3 aromatic carbocycles. The number of aromatic nitrogens is 4. The lowest BCUT2D eigenvalue weighted by Crippen LogP contribution is -2.43. The van der Waals surface area contributed by atoms with E-state index < -0.39 is 6.09 Å². The number of amides is 3. The molecule has 296 valence electrons. The number of carbonyl (C=O) groups is 3. The van der Waals surface area contributed by atoms with E-state index in [9.17, 15) is 14.4 Å². The topological polar surface area (TPSA) is 154 Å². The van der Waals surface area contributed by atoms with Crippen molar-refractivity contribution in [2.45, 2.75) is 83.0 Å². The second-order valence-corrected chi connectivity index (χ2v) is 15.5. The van der Waals surface area contributed by atoms with Gasteiger partial charge in [0.15, 0.2) is 0 Å². The van der Waals surface area contributed by atoms with Gasteiger partial charge in [0.05, 0.1) is 35.9 Å². The van der Waals surface area contributed by atoms with Gasteiger partial charge in [-0.1, -0.05) is 92.7 Å². The molecular weight excluding hydrogens is 717 g/mol. The lowest BCUT2D eigenvalue weighted by atomic mass is 10.0. The minimum Gasteiger partial charge on any atom is -0.446 e. The molecule has 0 spiro atoms. The fraction of sp³-hybridized carbons (Fsp3) is 0.400. The summed E-state index contributed by atoms with van der Waals surface area (Å²) in [5, 5.41) is 0. The number of H-pyrrole nitrogens is 2. The van der Waals surface area contributed by atoms with Gasteiger partial charge in [-0.15, -0.1) is 0 Å². The minimum atomic E-state index is -0.785. The van der Waals surface area contributed by atoms with E-state index in [-0.39, 0.29) is 42.0 Å². The summed E-state index contributed by atoms with van der Waals surface area (Å²) in [7, 11) is 0. The summed E-state index contributed by atoms with van der Waals surface area (Å²) in [6, 6.07) is 26.5. The molecule has 12 nitrogen and oxygen atoms in total. The van der Waals surface area contributed by atoms with E-state index in [1.165, 1.54) is 0 Å². The van der Waals surface area contributed by atoms with Gasteiger partial charge in [0.1, 0.15) is 23.8 Å². The number of likely N-dealkylation sites (N-methyl/N-ethyl adjacent to an activating group) is 1. The zero-order chi connectivity index (χ0) is 39.5. The first-order valence-corrected chi connectivity index (χ1v) is 20.5. The summed E-state index contributed by atoms with van der Waals surface area (Å²) in [6.45, 7) is 7.22. The van der Waals surface area contributed by atoms with Gasteiger partial charge in [-0.2, -0.15) is 0 Å². The number of aromatic amines is 2. The normalized spacial score (nSPS) is 21.3. The fourth-order valence-corrected chi connectivity index (χ4v) is 9.18. The van der Waals surface area contributed by atoms with Crippen molar-refractivity contribution >= 4 is 17.9 Å². The maximum atomic E-state index is 14.2. The van der Waals surface area contributed by atoms with Crippen molar-refractivity contribution in [3.05, 3.63) is 108 Å². The average molecular weight is 769 g/mol. The van der Waals surface area contributed by atoms with Crippen LogP contribution >= 0.6 is 0 Å². The number of imidazole rings is 2. The van der Waals surface area contributed by atoms with Crippen LogP contribution in [0.4, 0.5) is 4.79 Å². The zero-order valence-electron chi connectivity index (χ0n) is 32.8. The van der Waals surface area contributed by atoms with Crippen molar-refractivity contribution in [3.8, 4) is 33.6 Å². The number of primary amides is 1. The third-order valence-electron chi connectivity index (χ3n) is 12.2. The van der Waals surface area contributed by atoms with Crippen LogP contribution in [-0.2, 0) is 14.3 Å². The molecule has 4 heterocycles. The summed E-state index contributed by atoms with van der Waals surface area (Å²) in [6.07, 6.45) is 8.12. The monoisotopic (exact) mass is 768 g/mol. The molecule has 1 saturated carbocycles. The van der Waals surface area contributed by atoms with Crippen LogP contribution < -0.4 is 5.73 Å². The third kappa shape index (κ3) is 7.96. The number of nitrogens with one attached hydrogen (secondary N) is 2. The molecule has 3 amide bonds. The van der Waals surface area contributed by atoms with Crippen LogP contribution in [0.3, 0.4) is 0 Å². The van der Waals surface area contributed by atoms with Crippen LogP contribution in [0.1, 0.15) is 94.1 Å². The van der Waals surface area contributed by atoms with E-state index >= 15 is 0 Å². The summed E-state index contributed by atoms with van der Waals surface area (Å²) < 4.78 is 5.16. The van der Waals surface area contributed by atoms with Gasteiger partial charge in [0, 0.05) is 19.0 Å². The van der Waals surface area contributed by atoms with E-state index in [2.05, 4.69) is 89.4 Å². The van der Waals surface area contributed by atoms with Crippen LogP contribution in [0.2, 0.25) is 0 Å². The Morgan fingerprint density at radius 1 is 0.737 bits per heavy atom. The minimum absolute atomic E-state index is 0.0902. The Morgan fingerprint density at radius 2 is 1.26 bits per heavy atom. The van der Waals surface area contributed by atoms with Crippen molar-refractivity contribution in [1.29, 1.82) is 0 Å². The first-order valence-electron chi connectivity index (χ1n) is 20.5. The smallest absolute Gasteiger partial charge is 0.404 e. The number of nitrogens with zero attached hydrogens (tertiary/aromatic N) is 5. The molecule has 1 aliphatic carbocycles. The number of carbonyl (C=O) groups excluding carboxylic acids is 3. The molecular formula is C45H52N8O4. The maximum absolute atomic E-state index is 14.2. The van der Waals surface area contributed by atoms with E-state index in [4.69, 9.17) is 20.4 Å². The fourth-order valence-electron chi connectivity index (χ4n) is 9.18.